The molecule has 1 amide bonds. The third-order valence-electron chi connectivity index (χ3n) is 7.47. The zero-order chi connectivity index (χ0) is 29.9. The van der Waals surface area contributed by atoms with Crippen molar-refractivity contribution in [2.45, 2.75) is 57.7 Å². The molecule has 1 aliphatic carbocycles. The zero-order valence-electron chi connectivity index (χ0n) is 23.9. The number of imidazole rings is 1. The Bertz CT molecular complexity index is 1610. The molecule has 4 aromatic rings. The molecule has 3 aromatic carbocycles. The van der Waals surface area contributed by atoms with Crippen LogP contribution in [-0.4, -0.2) is 45.4 Å². The number of aromatic nitrogens is 2. The fourth-order valence-electron chi connectivity index (χ4n) is 4.98. The first-order chi connectivity index (χ1) is 20.1. The lowest BCUT2D eigenvalue weighted by molar-refractivity contribution is 0.0993. The summed E-state index contributed by atoms with van der Waals surface area (Å²) in [6.07, 6.45) is 3.43. The van der Waals surface area contributed by atoms with Crippen molar-refractivity contribution in [2.24, 2.45) is 11.7 Å². The van der Waals surface area contributed by atoms with Gasteiger partial charge in [0.05, 0.1) is 10.5 Å². The van der Waals surface area contributed by atoms with Gasteiger partial charge in [-0.25, -0.2) is 4.79 Å². The highest BCUT2D eigenvalue weighted by Gasteiger charge is 2.23. The van der Waals surface area contributed by atoms with Crippen molar-refractivity contribution < 1.29 is 19.4 Å². The van der Waals surface area contributed by atoms with Gasteiger partial charge in [0.25, 0.3) is 0 Å². The highest BCUT2D eigenvalue weighted by Crippen LogP contribution is 2.34. The lowest BCUT2D eigenvalue weighted by Gasteiger charge is -2.28. The van der Waals surface area contributed by atoms with Gasteiger partial charge in [0.2, 0.25) is 5.91 Å². The number of aliphatic hydroxyl groups excluding tert-OH is 1. The third-order valence-corrected chi connectivity index (χ3v) is 7.77. The molecule has 1 aliphatic rings. The van der Waals surface area contributed by atoms with Crippen LogP contribution in [0.15, 0.2) is 65.5 Å². The van der Waals surface area contributed by atoms with Crippen molar-refractivity contribution in [3.63, 3.8) is 0 Å². The fourth-order valence-corrected chi connectivity index (χ4v) is 5.20. The molecule has 0 spiro atoms. The predicted octanol–water partition coefficient (Wildman–Crippen LogP) is 5.02. The molecule has 1 aromatic heterocycles. The number of H-pyrrole nitrogens is 1. The van der Waals surface area contributed by atoms with E-state index in [2.05, 4.69) is 24.1 Å². The Morgan fingerprint density at radius 2 is 1.93 bits per heavy atom. The van der Waals surface area contributed by atoms with E-state index in [1.165, 1.54) is 18.9 Å². The second-order valence-electron chi connectivity index (χ2n) is 11.6. The molecule has 222 valence electrons. The summed E-state index contributed by atoms with van der Waals surface area (Å²) in [5.74, 6) is 1.80. The van der Waals surface area contributed by atoms with Crippen molar-refractivity contribution >= 4 is 28.5 Å². The van der Waals surface area contributed by atoms with E-state index in [4.69, 9.17) is 26.8 Å². The summed E-state index contributed by atoms with van der Waals surface area (Å²) in [6.45, 7) is 5.24. The second-order valence-corrected chi connectivity index (χ2v) is 12.0. The minimum atomic E-state index is -0.744. The maximum Gasteiger partial charge on any atom is 0.326 e. The molecule has 0 bridgehead atoms. The van der Waals surface area contributed by atoms with E-state index in [1.807, 2.05) is 42.5 Å². The Morgan fingerprint density at radius 3 is 2.62 bits per heavy atom. The van der Waals surface area contributed by atoms with E-state index in [1.54, 1.807) is 16.7 Å². The normalized spacial score (nSPS) is 14.2. The number of halogens is 1. The Morgan fingerprint density at radius 1 is 1.17 bits per heavy atom. The number of hydrogen-bond donors (Lipinski definition) is 4. The maximum atomic E-state index is 12.5. The molecule has 1 atom stereocenters. The third kappa shape index (κ3) is 7.53. The summed E-state index contributed by atoms with van der Waals surface area (Å²) < 4.78 is 13.6. The molecule has 5 N–H and O–H groups in total. The molecule has 0 saturated heterocycles. The van der Waals surface area contributed by atoms with Gasteiger partial charge in [-0.3, -0.25) is 9.36 Å². The van der Waals surface area contributed by atoms with E-state index < -0.39 is 12.0 Å². The summed E-state index contributed by atoms with van der Waals surface area (Å²) in [5.41, 5.74) is 7.75. The number of fused-ring (bicyclic) bond motifs is 1. The van der Waals surface area contributed by atoms with Crippen LogP contribution in [0.5, 0.6) is 17.2 Å². The second kappa shape index (κ2) is 12.6. The van der Waals surface area contributed by atoms with Crippen molar-refractivity contribution in [3.05, 3.63) is 87.3 Å². The minimum absolute atomic E-state index is 0.0964. The molecular weight excluding hydrogens is 556 g/mol. The van der Waals surface area contributed by atoms with E-state index in [0.717, 1.165) is 23.0 Å². The number of rotatable bonds is 14. The Hall–Kier alpha value is -3.79. The minimum Gasteiger partial charge on any atom is -0.489 e. The maximum absolute atomic E-state index is 12.5. The van der Waals surface area contributed by atoms with Crippen LogP contribution in [0.4, 0.5) is 0 Å². The Kier molecular flexibility index (Phi) is 8.91. The number of aromatic amines is 1. The quantitative estimate of drug-likeness (QED) is 0.162. The molecule has 42 heavy (non-hydrogen) atoms. The van der Waals surface area contributed by atoms with E-state index in [-0.39, 0.29) is 17.8 Å². The van der Waals surface area contributed by atoms with Crippen LogP contribution >= 0.6 is 11.6 Å². The predicted molar refractivity (Wildman–Crippen MR) is 164 cm³/mol. The molecule has 5 rings (SSSR count). The average molecular weight is 593 g/mol. The molecule has 9 nitrogen and oxygen atoms in total. The summed E-state index contributed by atoms with van der Waals surface area (Å²) in [5, 5.41) is 14.4. The van der Waals surface area contributed by atoms with Crippen molar-refractivity contribution in [1.82, 2.24) is 14.9 Å². The first kappa shape index (κ1) is 29.7. The fraction of sp³-hybridized carbons (Fsp3) is 0.375. The molecule has 0 radical (unpaired) electrons. The number of nitrogens with zero attached hydrogens (tertiary/aromatic N) is 1. The summed E-state index contributed by atoms with van der Waals surface area (Å²) >= 11 is 6.23. The van der Waals surface area contributed by atoms with Gasteiger partial charge in [-0.2, -0.15) is 0 Å². The number of ether oxygens (including phenoxy) is 2. The molecule has 1 saturated carbocycles. The summed E-state index contributed by atoms with van der Waals surface area (Å²) in [6, 6.07) is 17.9. The van der Waals surface area contributed by atoms with E-state index >= 15 is 0 Å². The van der Waals surface area contributed by atoms with Gasteiger partial charge >= 0.3 is 5.69 Å². The number of aliphatic hydroxyl groups is 1. The number of β-amino-alcohol motifs (C(OH)–C–C–N with tert-alkyl or cyclic N) is 1. The van der Waals surface area contributed by atoms with Gasteiger partial charge in [-0.15, -0.1) is 0 Å². The van der Waals surface area contributed by atoms with Gasteiger partial charge in [-0.1, -0.05) is 42.6 Å². The number of carbonyl (C=O) groups is 1. The van der Waals surface area contributed by atoms with Crippen LogP contribution in [0, 0.1) is 5.92 Å². The number of aryl methyl sites for hydroxylation is 1. The number of amides is 1. The van der Waals surface area contributed by atoms with Gasteiger partial charge in [0.1, 0.15) is 35.5 Å². The average Bonchev–Trinajstić information content (AvgIpc) is 3.72. The van der Waals surface area contributed by atoms with Crippen LogP contribution in [0.3, 0.4) is 0 Å². The van der Waals surface area contributed by atoms with Crippen molar-refractivity contribution in [1.29, 1.82) is 0 Å². The standard InChI is InChI=1S/C32H37ClN4O5/c1-32(2,17-21-8-11-24(12-9-21)42-27-13-10-22(30(34)39)16-25(27)33)35-18-23(38)19-41-28-5-3-4-26-29(28)37(31(40)36-26)15-14-20-6-7-20/h3-5,8-13,16,20,23,35,38H,6-7,14-15,17-19H2,1-2H3,(H2,34,39)(H,36,40)/t23-/m0/s1. The molecule has 0 unspecified atom stereocenters. The highest BCUT2D eigenvalue weighted by molar-refractivity contribution is 6.32. The van der Waals surface area contributed by atoms with Crippen molar-refractivity contribution in [2.75, 3.05) is 13.2 Å². The summed E-state index contributed by atoms with van der Waals surface area (Å²) in [7, 11) is 0. The number of carbonyl (C=O) groups excluding carboxylic acids is 1. The Labute approximate surface area is 249 Å². The zero-order valence-corrected chi connectivity index (χ0v) is 24.6. The summed E-state index contributed by atoms with van der Waals surface area (Å²) in [4.78, 5) is 26.8. The van der Waals surface area contributed by atoms with Crippen LogP contribution < -0.4 is 26.2 Å². The number of nitrogens with two attached hydrogens (primary N) is 1. The van der Waals surface area contributed by atoms with Crippen LogP contribution in [0.1, 0.15) is 49.0 Å². The number of primary amides is 1. The van der Waals surface area contributed by atoms with Gasteiger partial charge in [-0.05, 0) is 80.6 Å². The number of hydrogen-bond acceptors (Lipinski definition) is 6. The molecule has 10 heteroatoms. The highest BCUT2D eigenvalue weighted by atomic mass is 35.5. The molecule has 1 heterocycles. The van der Waals surface area contributed by atoms with E-state index in [9.17, 15) is 14.7 Å². The SMILES string of the molecule is CC(C)(Cc1ccc(Oc2ccc(C(N)=O)cc2Cl)cc1)NC[C@H](O)COc1cccc2[nH]c(=O)n(CCC3CC3)c12. The van der Waals surface area contributed by atoms with Crippen LogP contribution in [0.25, 0.3) is 11.0 Å². The molecule has 1 fully saturated rings. The lowest BCUT2D eigenvalue weighted by atomic mass is 9.94. The van der Waals surface area contributed by atoms with Crippen LogP contribution in [-0.2, 0) is 13.0 Å². The first-order valence-electron chi connectivity index (χ1n) is 14.2. The number of para-hydroxylation sites is 1. The smallest absolute Gasteiger partial charge is 0.326 e. The Balaban J connectivity index is 1.12. The molecule has 0 aliphatic heterocycles. The van der Waals surface area contributed by atoms with Crippen LogP contribution in [0.2, 0.25) is 5.02 Å². The van der Waals surface area contributed by atoms with E-state index in [0.29, 0.717) is 53.3 Å². The van der Waals surface area contributed by atoms with Crippen molar-refractivity contribution in [3.8, 4) is 17.2 Å². The first-order valence-corrected chi connectivity index (χ1v) is 14.6. The number of benzene rings is 3. The molecular formula is C32H37ClN4O5. The van der Waals surface area contributed by atoms with Gasteiger partial charge in [0.15, 0.2) is 0 Å². The lowest BCUT2D eigenvalue weighted by Crippen LogP contribution is -2.46. The largest absolute Gasteiger partial charge is 0.489 e. The topological polar surface area (TPSA) is 132 Å². The van der Waals surface area contributed by atoms with Gasteiger partial charge in [0, 0.05) is 24.2 Å². The monoisotopic (exact) mass is 592 g/mol. The van der Waals surface area contributed by atoms with Gasteiger partial charge < -0.3 is 30.6 Å². The number of nitrogens with one attached hydrogen (secondary N) is 2.